The van der Waals surface area contributed by atoms with Crippen LogP contribution in [-0.4, -0.2) is 34.4 Å². The Balaban J connectivity index is 1.78. The first kappa shape index (κ1) is 15.5. The summed E-state index contributed by atoms with van der Waals surface area (Å²) >= 11 is 3.46. The third-order valence-corrected chi connectivity index (χ3v) is 3.97. The molecular formula is C16H15BrN4O2. The minimum absolute atomic E-state index is 0.550. The Morgan fingerprint density at radius 3 is 2.48 bits per heavy atom. The third kappa shape index (κ3) is 3.50. The lowest BCUT2D eigenvalue weighted by Gasteiger charge is -2.03. The molecule has 118 valence electrons. The second-order valence-electron chi connectivity index (χ2n) is 4.84. The van der Waals surface area contributed by atoms with Crippen LogP contribution in [0.25, 0.3) is 11.4 Å². The van der Waals surface area contributed by atoms with Gasteiger partial charge in [-0.3, -0.25) is 0 Å². The summed E-state index contributed by atoms with van der Waals surface area (Å²) in [5.41, 5.74) is 1.95. The summed E-state index contributed by atoms with van der Waals surface area (Å²) in [7, 11) is 3.27. The van der Waals surface area contributed by atoms with Crippen molar-refractivity contribution in [3.8, 4) is 22.9 Å². The van der Waals surface area contributed by atoms with Crippen molar-refractivity contribution >= 4 is 15.9 Å². The van der Waals surface area contributed by atoms with Crippen LogP contribution in [0.3, 0.4) is 0 Å². The van der Waals surface area contributed by atoms with Crippen molar-refractivity contribution in [3.05, 3.63) is 52.5 Å². The second-order valence-corrected chi connectivity index (χ2v) is 5.70. The molecule has 6 nitrogen and oxygen atoms in total. The van der Waals surface area contributed by atoms with Gasteiger partial charge in [-0.05, 0) is 57.0 Å². The molecule has 0 N–H and O–H groups in total. The number of nitrogens with zero attached hydrogens (tertiary/aromatic N) is 4. The quantitative estimate of drug-likeness (QED) is 0.686. The Labute approximate surface area is 142 Å². The standard InChI is InChI=1S/C16H15BrN4O2/c1-22-13-6-3-11(4-7-13)10-21-19-16(18-20-21)12-5-8-15(23-2)14(17)9-12/h3-9H,10H2,1-2H3. The van der Waals surface area contributed by atoms with E-state index in [1.165, 1.54) is 0 Å². The van der Waals surface area contributed by atoms with Gasteiger partial charge in [0.1, 0.15) is 11.5 Å². The number of aromatic nitrogens is 4. The molecule has 0 saturated heterocycles. The van der Waals surface area contributed by atoms with Crippen molar-refractivity contribution in [2.45, 2.75) is 6.54 Å². The summed E-state index contributed by atoms with van der Waals surface area (Å²) in [6, 6.07) is 13.5. The molecule has 1 heterocycles. The van der Waals surface area contributed by atoms with Crippen molar-refractivity contribution in [3.63, 3.8) is 0 Å². The zero-order valence-corrected chi connectivity index (χ0v) is 14.3. The number of halogens is 1. The molecule has 0 bridgehead atoms. The molecule has 0 aliphatic rings. The molecule has 0 saturated carbocycles. The first-order valence-electron chi connectivity index (χ1n) is 6.94. The second kappa shape index (κ2) is 6.78. The molecule has 0 unspecified atom stereocenters. The molecule has 0 amide bonds. The molecule has 0 radical (unpaired) electrons. The van der Waals surface area contributed by atoms with E-state index in [1.54, 1.807) is 19.0 Å². The smallest absolute Gasteiger partial charge is 0.204 e. The largest absolute Gasteiger partial charge is 0.497 e. The Morgan fingerprint density at radius 1 is 1.04 bits per heavy atom. The van der Waals surface area contributed by atoms with Gasteiger partial charge in [-0.2, -0.15) is 4.80 Å². The molecule has 0 aliphatic heterocycles. The minimum atomic E-state index is 0.550. The molecule has 0 spiro atoms. The molecule has 7 heteroatoms. The zero-order valence-electron chi connectivity index (χ0n) is 12.7. The van der Waals surface area contributed by atoms with E-state index in [2.05, 4.69) is 31.3 Å². The fourth-order valence-electron chi connectivity index (χ4n) is 2.13. The highest BCUT2D eigenvalue weighted by Crippen LogP contribution is 2.28. The van der Waals surface area contributed by atoms with Gasteiger partial charge >= 0.3 is 0 Å². The van der Waals surface area contributed by atoms with Gasteiger partial charge in [0, 0.05) is 5.56 Å². The number of ether oxygens (including phenoxy) is 2. The summed E-state index contributed by atoms with van der Waals surface area (Å²) in [5.74, 6) is 2.16. The minimum Gasteiger partial charge on any atom is -0.497 e. The molecule has 3 aromatic rings. The van der Waals surface area contributed by atoms with Gasteiger partial charge in [-0.25, -0.2) is 0 Å². The fourth-order valence-corrected chi connectivity index (χ4v) is 2.67. The summed E-state index contributed by atoms with van der Waals surface area (Å²) < 4.78 is 11.2. The zero-order chi connectivity index (χ0) is 16.2. The predicted molar refractivity (Wildman–Crippen MR) is 89.6 cm³/mol. The van der Waals surface area contributed by atoms with Crippen LogP contribution in [0.1, 0.15) is 5.56 Å². The van der Waals surface area contributed by atoms with Crippen LogP contribution in [-0.2, 0) is 6.54 Å². The van der Waals surface area contributed by atoms with Crippen LogP contribution in [0.15, 0.2) is 46.9 Å². The van der Waals surface area contributed by atoms with Gasteiger partial charge in [0.2, 0.25) is 5.82 Å². The lowest BCUT2D eigenvalue weighted by Crippen LogP contribution is -2.04. The lowest BCUT2D eigenvalue weighted by atomic mass is 10.2. The normalized spacial score (nSPS) is 10.6. The molecular weight excluding hydrogens is 360 g/mol. The Hall–Kier alpha value is -2.41. The monoisotopic (exact) mass is 374 g/mol. The average molecular weight is 375 g/mol. The van der Waals surface area contributed by atoms with Crippen LogP contribution in [0.5, 0.6) is 11.5 Å². The number of hydrogen-bond donors (Lipinski definition) is 0. The molecule has 23 heavy (non-hydrogen) atoms. The molecule has 1 aromatic heterocycles. The van der Waals surface area contributed by atoms with E-state index in [0.29, 0.717) is 12.4 Å². The third-order valence-electron chi connectivity index (χ3n) is 3.35. The maximum atomic E-state index is 5.22. The van der Waals surface area contributed by atoms with Crippen molar-refractivity contribution in [2.24, 2.45) is 0 Å². The Bertz CT molecular complexity index is 802. The van der Waals surface area contributed by atoms with Crippen molar-refractivity contribution in [2.75, 3.05) is 14.2 Å². The highest BCUT2D eigenvalue weighted by atomic mass is 79.9. The Kier molecular flexibility index (Phi) is 4.57. The van der Waals surface area contributed by atoms with Gasteiger partial charge in [0.25, 0.3) is 0 Å². The van der Waals surface area contributed by atoms with E-state index in [0.717, 1.165) is 27.1 Å². The summed E-state index contributed by atoms with van der Waals surface area (Å²) in [6.45, 7) is 0.550. The summed E-state index contributed by atoms with van der Waals surface area (Å²) in [4.78, 5) is 1.56. The van der Waals surface area contributed by atoms with Crippen LogP contribution in [0.4, 0.5) is 0 Å². The summed E-state index contributed by atoms with van der Waals surface area (Å²) in [5, 5.41) is 12.6. The topological polar surface area (TPSA) is 62.1 Å². The van der Waals surface area contributed by atoms with E-state index in [9.17, 15) is 0 Å². The first-order chi connectivity index (χ1) is 11.2. The maximum Gasteiger partial charge on any atom is 0.204 e. The highest BCUT2D eigenvalue weighted by molar-refractivity contribution is 9.10. The number of methoxy groups -OCH3 is 2. The average Bonchev–Trinajstić information content (AvgIpc) is 3.04. The predicted octanol–water partition coefficient (Wildman–Crippen LogP) is 3.17. The summed E-state index contributed by atoms with van der Waals surface area (Å²) in [6.07, 6.45) is 0. The van der Waals surface area contributed by atoms with Crippen molar-refractivity contribution in [1.82, 2.24) is 20.2 Å². The van der Waals surface area contributed by atoms with Gasteiger partial charge in [0.05, 0.1) is 25.2 Å². The van der Waals surface area contributed by atoms with Gasteiger partial charge in [0.15, 0.2) is 0 Å². The molecule has 2 aromatic carbocycles. The van der Waals surface area contributed by atoms with Gasteiger partial charge in [-0.15, -0.1) is 10.2 Å². The number of rotatable bonds is 5. The molecule has 3 rings (SSSR count). The van der Waals surface area contributed by atoms with Crippen LogP contribution in [0, 0.1) is 0 Å². The van der Waals surface area contributed by atoms with E-state index in [1.807, 2.05) is 42.5 Å². The Morgan fingerprint density at radius 2 is 1.83 bits per heavy atom. The fraction of sp³-hybridized carbons (Fsp3) is 0.188. The number of hydrogen-bond acceptors (Lipinski definition) is 5. The lowest BCUT2D eigenvalue weighted by molar-refractivity contribution is 0.412. The van der Waals surface area contributed by atoms with E-state index in [-0.39, 0.29) is 0 Å². The van der Waals surface area contributed by atoms with Gasteiger partial charge in [-0.1, -0.05) is 12.1 Å². The highest BCUT2D eigenvalue weighted by Gasteiger charge is 2.09. The first-order valence-corrected chi connectivity index (χ1v) is 7.73. The molecule has 0 fully saturated rings. The van der Waals surface area contributed by atoms with Crippen LogP contribution in [0.2, 0.25) is 0 Å². The van der Waals surface area contributed by atoms with Crippen molar-refractivity contribution in [1.29, 1.82) is 0 Å². The van der Waals surface area contributed by atoms with E-state index < -0.39 is 0 Å². The van der Waals surface area contributed by atoms with Crippen LogP contribution >= 0.6 is 15.9 Å². The van der Waals surface area contributed by atoms with Crippen molar-refractivity contribution < 1.29 is 9.47 Å². The van der Waals surface area contributed by atoms with Crippen LogP contribution < -0.4 is 9.47 Å². The van der Waals surface area contributed by atoms with E-state index >= 15 is 0 Å². The van der Waals surface area contributed by atoms with Gasteiger partial charge < -0.3 is 9.47 Å². The maximum absolute atomic E-state index is 5.22. The molecule has 0 atom stereocenters. The number of tetrazole rings is 1. The SMILES string of the molecule is COc1ccc(Cn2nnc(-c3ccc(OC)c(Br)c3)n2)cc1. The number of benzene rings is 2. The molecule has 0 aliphatic carbocycles. The van der Waals surface area contributed by atoms with E-state index in [4.69, 9.17) is 9.47 Å².